The zero-order valence-corrected chi connectivity index (χ0v) is 8.88. The van der Waals surface area contributed by atoms with E-state index in [2.05, 4.69) is 18.7 Å². The molecule has 74 valence electrons. The van der Waals surface area contributed by atoms with Gasteiger partial charge >= 0.3 is 0 Å². The molecule has 0 spiro atoms. The lowest BCUT2D eigenvalue weighted by Gasteiger charge is -2.18. The number of rotatable bonds is 1. The molecular weight excluding hydrogens is 150 g/mol. The molecule has 0 unspecified atom stereocenters. The van der Waals surface area contributed by atoms with Gasteiger partial charge < -0.3 is 10.0 Å². The number of nitrogens with zero attached hydrogens (tertiary/aromatic N) is 1. The highest BCUT2D eigenvalue weighted by Crippen LogP contribution is 2.09. The van der Waals surface area contributed by atoms with Gasteiger partial charge in [-0.05, 0) is 53.6 Å². The minimum absolute atomic E-state index is 0.167. The van der Waals surface area contributed by atoms with Crippen molar-refractivity contribution in [3.05, 3.63) is 0 Å². The van der Waals surface area contributed by atoms with E-state index in [1.807, 2.05) is 0 Å². The lowest BCUT2D eigenvalue weighted by molar-refractivity contribution is 0.216. The van der Waals surface area contributed by atoms with Crippen LogP contribution in [0, 0.1) is 0 Å². The summed E-state index contributed by atoms with van der Waals surface area (Å²) in [5.74, 6) is 0. The molecule has 0 aromatic carbocycles. The average Bonchev–Trinajstić information content (AvgIpc) is 2.34. The first-order valence-corrected chi connectivity index (χ1v) is 4.96. The molecule has 0 aromatic rings. The highest BCUT2D eigenvalue weighted by Gasteiger charge is 2.13. The summed E-state index contributed by atoms with van der Waals surface area (Å²) in [4.78, 5) is 2.53. The Hall–Kier alpha value is -0.0800. The molecule has 2 heteroatoms. The Morgan fingerprint density at radius 2 is 1.33 bits per heavy atom. The Bertz CT molecular complexity index is 93.3. The molecule has 0 aliphatic carbocycles. The van der Waals surface area contributed by atoms with Crippen molar-refractivity contribution in [2.24, 2.45) is 0 Å². The molecule has 2 nitrogen and oxygen atoms in total. The number of hydrogen-bond donors (Lipinski definition) is 1. The van der Waals surface area contributed by atoms with Gasteiger partial charge in [-0.3, -0.25) is 0 Å². The molecule has 1 aliphatic rings. The van der Waals surface area contributed by atoms with Crippen LogP contribution in [0.2, 0.25) is 0 Å². The lowest BCUT2D eigenvalue weighted by atomic mass is 10.3. The van der Waals surface area contributed by atoms with Crippen LogP contribution < -0.4 is 0 Å². The Labute approximate surface area is 76.6 Å². The zero-order valence-electron chi connectivity index (χ0n) is 8.88. The van der Waals surface area contributed by atoms with Gasteiger partial charge in [0.2, 0.25) is 0 Å². The topological polar surface area (TPSA) is 23.5 Å². The van der Waals surface area contributed by atoms with E-state index < -0.39 is 0 Å². The normalized spacial score (nSPS) is 18.2. The maximum Gasteiger partial charge on any atom is 0.0483 e. The Kier molecular flexibility index (Phi) is 6.39. The summed E-state index contributed by atoms with van der Waals surface area (Å²) in [5.41, 5.74) is 0. The number of likely N-dealkylation sites (tertiary alicyclic amines) is 1. The number of aliphatic hydroxyl groups is 1. The Morgan fingerprint density at radius 1 is 1.00 bits per heavy atom. The van der Waals surface area contributed by atoms with Gasteiger partial charge in [-0.1, -0.05) is 0 Å². The summed E-state index contributed by atoms with van der Waals surface area (Å²) >= 11 is 0. The first-order valence-electron chi connectivity index (χ1n) is 4.96. The molecule has 0 amide bonds. The van der Waals surface area contributed by atoms with E-state index in [-0.39, 0.29) is 6.10 Å². The predicted molar refractivity (Wildman–Crippen MR) is 53.3 cm³/mol. The first-order chi connectivity index (χ1) is 5.54. The molecule has 1 rings (SSSR count). The smallest absolute Gasteiger partial charge is 0.0483 e. The number of hydrogen-bond acceptors (Lipinski definition) is 2. The van der Waals surface area contributed by atoms with Crippen molar-refractivity contribution in [1.29, 1.82) is 0 Å². The van der Waals surface area contributed by atoms with Crippen LogP contribution in [0.3, 0.4) is 0 Å². The van der Waals surface area contributed by atoms with Crippen molar-refractivity contribution < 1.29 is 5.11 Å². The minimum atomic E-state index is -0.167. The van der Waals surface area contributed by atoms with Crippen molar-refractivity contribution in [1.82, 2.24) is 4.90 Å². The van der Waals surface area contributed by atoms with Gasteiger partial charge in [0.25, 0.3) is 0 Å². The van der Waals surface area contributed by atoms with Crippen molar-refractivity contribution in [3.63, 3.8) is 0 Å². The first kappa shape index (κ1) is 11.9. The van der Waals surface area contributed by atoms with E-state index in [1.54, 1.807) is 13.8 Å². The molecule has 0 aromatic heterocycles. The van der Waals surface area contributed by atoms with Crippen LogP contribution >= 0.6 is 0 Å². The lowest BCUT2D eigenvalue weighted by Crippen LogP contribution is -2.26. The van der Waals surface area contributed by atoms with Gasteiger partial charge in [0.15, 0.2) is 0 Å². The van der Waals surface area contributed by atoms with Crippen molar-refractivity contribution in [2.45, 2.75) is 52.7 Å². The standard InChI is InChI=1S/C7H15N.C3H8O/c1-7(2)8-5-3-4-6-8;1-3(2)4/h7H,3-6H2,1-2H3;3-4H,1-2H3. The quantitative estimate of drug-likeness (QED) is 0.654. The predicted octanol–water partition coefficient (Wildman–Crippen LogP) is 1.88. The molecule has 1 fully saturated rings. The van der Waals surface area contributed by atoms with Gasteiger partial charge in [0.1, 0.15) is 0 Å². The Balaban J connectivity index is 0.000000261. The summed E-state index contributed by atoms with van der Waals surface area (Å²) < 4.78 is 0. The van der Waals surface area contributed by atoms with E-state index in [9.17, 15) is 0 Å². The monoisotopic (exact) mass is 173 g/mol. The van der Waals surface area contributed by atoms with Crippen molar-refractivity contribution in [3.8, 4) is 0 Å². The largest absolute Gasteiger partial charge is 0.394 e. The van der Waals surface area contributed by atoms with Gasteiger partial charge in [-0.25, -0.2) is 0 Å². The van der Waals surface area contributed by atoms with Crippen LogP contribution in [0.5, 0.6) is 0 Å². The second kappa shape index (κ2) is 6.44. The van der Waals surface area contributed by atoms with Crippen LogP contribution in [-0.2, 0) is 0 Å². The maximum absolute atomic E-state index is 8.06. The summed E-state index contributed by atoms with van der Waals surface area (Å²) in [6, 6.07) is 0.775. The van der Waals surface area contributed by atoms with E-state index in [0.29, 0.717) is 0 Å². The summed E-state index contributed by atoms with van der Waals surface area (Å²) in [7, 11) is 0. The third-order valence-electron chi connectivity index (χ3n) is 1.87. The highest BCUT2D eigenvalue weighted by atomic mass is 16.3. The number of aliphatic hydroxyl groups excluding tert-OH is 1. The van der Waals surface area contributed by atoms with Gasteiger partial charge in [-0.15, -0.1) is 0 Å². The van der Waals surface area contributed by atoms with Crippen molar-refractivity contribution >= 4 is 0 Å². The van der Waals surface area contributed by atoms with E-state index in [0.717, 1.165) is 6.04 Å². The van der Waals surface area contributed by atoms with Crippen LogP contribution in [-0.4, -0.2) is 35.2 Å². The third kappa shape index (κ3) is 6.62. The summed E-state index contributed by atoms with van der Waals surface area (Å²) in [5, 5.41) is 8.06. The molecule has 0 saturated carbocycles. The van der Waals surface area contributed by atoms with Crippen LogP contribution in [0.1, 0.15) is 40.5 Å². The second-order valence-corrected chi connectivity index (χ2v) is 3.93. The Morgan fingerprint density at radius 3 is 1.50 bits per heavy atom. The van der Waals surface area contributed by atoms with Crippen LogP contribution in [0.15, 0.2) is 0 Å². The van der Waals surface area contributed by atoms with Crippen LogP contribution in [0.4, 0.5) is 0 Å². The SMILES string of the molecule is CC(C)N1CCCC1.CC(C)O. The molecule has 1 heterocycles. The second-order valence-electron chi connectivity index (χ2n) is 3.93. The molecule has 0 bridgehead atoms. The fourth-order valence-corrected chi connectivity index (χ4v) is 1.26. The van der Waals surface area contributed by atoms with E-state index in [1.165, 1.54) is 25.9 Å². The van der Waals surface area contributed by atoms with Gasteiger partial charge in [-0.2, -0.15) is 0 Å². The fourth-order valence-electron chi connectivity index (χ4n) is 1.26. The molecule has 12 heavy (non-hydrogen) atoms. The van der Waals surface area contributed by atoms with E-state index >= 15 is 0 Å². The molecule has 0 radical (unpaired) electrons. The zero-order chi connectivity index (χ0) is 9.56. The summed E-state index contributed by atoms with van der Waals surface area (Å²) in [6.45, 7) is 10.6. The average molecular weight is 173 g/mol. The van der Waals surface area contributed by atoms with Gasteiger partial charge in [0, 0.05) is 12.1 Å². The van der Waals surface area contributed by atoms with Crippen molar-refractivity contribution in [2.75, 3.05) is 13.1 Å². The molecular formula is C10H23NO. The van der Waals surface area contributed by atoms with Crippen LogP contribution in [0.25, 0.3) is 0 Å². The molecule has 0 atom stereocenters. The highest BCUT2D eigenvalue weighted by molar-refractivity contribution is 4.68. The van der Waals surface area contributed by atoms with Gasteiger partial charge in [0.05, 0.1) is 0 Å². The third-order valence-corrected chi connectivity index (χ3v) is 1.87. The van der Waals surface area contributed by atoms with E-state index in [4.69, 9.17) is 5.11 Å². The fraction of sp³-hybridized carbons (Fsp3) is 1.00. The summed E-state index contributed by atoms with van der Waals surface area (Å²) in [6.07, 6.45) is 2.66. The molecule has 1 N–H and O–H groups in total. The maximum atomic E-state index is 8.06. The minimum Gasteiger partial charge on any atom is -0.394 e. The molecule has 1 aliphatic heterocycles. The molecule has 1 saturated heterocycles.